The third-order valence-electron chi connectivity index (χ3n) is 4.46. The lowest BCUT2D eigenvalue weighted by Crippen LogP contribution is -2.35. The number of hydrogen-bond donors (Lipinski definition) is 0. The molecule has 0 aliphatic heterocycles. The summed E-state index contributed by atoms with van der Waals surface area (Å²) in [6, 6.07) is 0. The monoisotopic (exact) mass is 238 g/mol. The molecule has 18 heavy (non-hydrogen) atoms. The lowest BCUT2D eigenvalue weighted by Gasteiger charge is -2.42. The molecule has 94 valence electrons. The quantitative estimate of drug-likeness (QED) is 0.571. The Morgan fingerprint density at radius 3 is 1.44 bits per heavy atom. The minimum absolute atomic E-state index is 0.101. The van der Waals surface area contributed by atoms with Gasteiger partial charge in [0, 0.05) is 10.8 Å². The molecule has 0 saturated heterocycles. The van der Waals surface area contributed by atoms with Gasteiger partial charge in [0.25, 0.3) is 0 Å². The molecule has 0 atom stereocenters. The molecular formula is C18H22. The fourth-order valence-corrected chi connectivity index (χ4v) is 3.25. The molecule has 0 aromatic rings. The Morgan fingerprint density at radius 2 is 1.17 bits per heavy atom. The van der Waals surface area contributed by atoms with E-state index in [4.69, 9.17) is 0 Å². The Balaban J connectivity index is 2.36. The van der Waals surface area contributed by atoms with Gasteiger partial charge in [-0.25, -0.2) is 0 Å². The van der Waals surface area contributed by atoms with Crippen molar-refractivity contribution in [1.82, 2.24) is 0 Å². The first kappa shape index (κ1) is 12.9. The van der Waals surface area contributed by atoms with Crippen molar-refractivity contribution in [1.29, 1.82) is 0 Å². The maximum absolute atomic E-state index is 3.92. The zero-order valence-corrected chi connectivity index (χ0v) is 11.2. The van der Waals surface area contributed by atoms with Crippen molar-refractivity contribution in [3.05, 3.63) is 73.9 Å². The largest absolute Gasteiger partial charge is 0.103 e. The molecule has 2 aliphatic rings. The van der Waals surface area contributed by atoms with E-state index in [-0.39, 0.29) is 10.8 Å². The lowest BCUT2D eigenvalue weighted by atomic mass is 9.61. The summed E-state index contributed by atoms with van der Waals surface area (Å²) in [6.45, 7) is 10.2. The lowest BCUT2D eigenvalue weighted by molar-refractivity contribution is 0.198. The molecule has 2 rings (SSSR count). The van der Waals surface area contributed by atoms with E-state index < -0.39 is 0 Å². The molecule has 0 N–H and O–H groups in total. The van der Waals surface area contributed by atoms with E-state index in [1.54, 1.807) is 0 Å². The highest BCUT2D eigenvalue weighted by molar-refractivity contribution is 5.34. The first-order chi connectivity index (χ1) is 8.69. The molecule has 0 radical (unpaired) electrons. The molecular weight excluding hydrogens is 216 g/mol. The van der Waals surface area contributed by atoms with Crippen LogP contribution in [-0.2, 0) is 0 Å². The highest BCUT2D eigenvalue weighted by Gasteiger charge is 2.43. The maximum atomic E-state index is 3.92. The summed E-state index contributed by atoms with van der Waals surface area (Å²) in [4.78, 5) is 0. The van der Waals surface area contributed by atoms with Crippen LogP contribution in [0.4, 0.5) is 0 Å². The van der Waals surface area contributed by atoms with Gasteiger partial charge in [0.1, 0.15) is 0 Å². The predicted octanol–water partition coefficient (Wildman–Crippen LogP) is 5.00. The van der Waals surface area contributed by atoms with Gasteiger partial charge in [-0.3, -0.25) is 0 Å². The summed E-state index contributed by atoms with van der Waals surface area (Å²) in [6.07, 6.45) is 24.0. The van der Waals surface area contributed by atoms with E-state index in [1.165, 1.54) is 0 Å². The Labute approximate surface area is 111 Å². The van der Waals surface area contributed by atoms with Gasteiger partial charge in [0.2, 0.25) is 0 Å². The van der Waals surface area contributed by atoms with Crippen LogP contribution in [0.3, 0.4) is 0 Å². The zero-order chi connectivity index (χ0) is 13.1. The molecule has 0 spiro atoms. The molecule has 0 aromatic carbocycles. The van der Waals surface area contributed by atoms with Crippen LogP contribution in [0.5, 0.6) is 0 Å². The van der Waals surface area contributed by atoms with Gasteiger partial charge in [-0.2, -0.15) is 0 Å². The Kier molecular flexibility index (Phi) is 3.56. The maximum Gasteiger partial charge on any atom is 0.0138 e. The molecule has 0 saturated carbocycles. The molecule has 0 aromatic heterocycles. The summed E-state index contributed by atoms with van der Waals surface area (Å²) in [7, 11) is 0. The van der Waals surface area contributed by atoms with E-state index in [0.29, 0.717) is 5.92 Å². The second-order valence-corrected chi connectivity index (χ2v) is 5.37. The van der Waals surface area contributed by atoms with E-state index in [1.807, 2.05) is 12.2 Å². The van der Waals surface area contributed by atoms with Gasteiger partial charge in [0.15, 0.2) is 0 Å². The Morgan fingerprint density at radius 1 is 0.833 bits per heavy atom. The minimum Gasteiger partial charge on any atom is -0.103 e. The van der Waals surface area contributed by atoms with Crippen LogP contribution < -0.4 is 0 Å². The smallest absolute Gasteiger partial charge is 0.0138 e. The summed E-state index contributed by atoms with van der Waals surface area (Å²) < 4.78 is 0. The molecule has 0 nitrogen and oxygen atoms in total. The summed E-state index contributed by atoms with van der Waals surface area (Å²) in [5, 5.41) is 0. The molecule has 0 fully saturated rings. The molecule has 2 aliphatic carbocycles. The highest BCUT2D eigenvalue weighted by atomic mass is 14.5. The van der Waals surface area contributed by atoms with Gasteiger partial charge >= 0.3 is 0 Å². The van der Waals surface area contributed by atoms with Gasteiger partial charge < -0.3 is 0 Å². The minimum atomic E-state index is 0.101. The summed E-state index contributed by atoms with van der Waals surface area (Å²) >= 11 is 0. The molecule has 0 heterocycles. The molecule has 0 heteroatoms. The zero-order valence-electron chi connectivity index (χ0n) is 11.2. The van der Waals surface area contributed by atoms with Crippen LogP contribution in [0, 0.1) is 16.7 Å². The van der Waals surface area contributed by atoms with Crippen LogP contribution in [-0.4, -0.2) is 0 Å². The van der Waals surface area contributed by atoms with Crippen molar-refractivity contribution in [3.8, 4) is 0 Å². The summed E-state index contributed by atoms with van der Waals surface area (Å²) in [5.74, 6) is 0.492. The SMILES string of the molecule is C=CCC1(C(C)C2(CC=C)C=CC=C2)C=CC=C1. The Bertz CT molecular complexity index is 377. The fourth-order valence-electron chi connectivity index (χ4n) is 3.25. The van der Waals surface area contributed by atoms with Crippen LogP contribution in [0.15, 0.2) is 73.9 Å². The summed E-state index contributed by atoms with van der Waals surface area (Å²) in [5.41, 5.74) is 0.202. The third kappa shape index (κ3) is 1.96. The van der Waals surface area contributed by atoms with Gasteiger partial charge in [-0.1, -0.05) is 67.7 Å². The number of allylic oxidation sites excluding steroid dienone is 10. The van der Waals surface area contributed by atoms with Crippen LogP contribution in [0.1, 0.15) is 19.8 Å². The van der Waals surface area contributed by atoms with E-state index in [0.717, 1.165) is 12.8 Å². The fraction of sp³-hybridized carbons (Fsp3) is 0.333. The van der Waals surface area contributed by atoms with Gasteiger partial charge in [-0.15, -0.1) is 13.2 Å². The van der Waals surface area contributed by atoms with Crippen molar-refractivity contribution in [2.45, 2.75) is 19.8 Å². The van der Waals surface area contributed by atoms with Crippen LogP contribution >= 0.6 is 0 Å². The normalized spacial score (nSPS) is 21.9. The molecule has 0 unspecified atom stereocenters. The highest BCUT2D eigenvalue weighted by Crippen LogP contribution is 2.51. The van der Waals surface area contributed by atoms with Crippen molar-refractivity contribution in [3.63, 3.8) is 0 Å². The second-order valence-electron chi connectivity index (χ2n) is 5.37. The van der Waals surface area contributed by atoms with Crippen LogP contribution in [0.25, 0.3) is 0 Å². The average Bonchev–Trinajstić information content (AvgIpc) is 3.00. The predicted molar refractivity (Wildman–Crippen MR) is 80.2 cm³/mol. The van der Waals surface area contributed by atoms with Gasteiger partial charge in [0.05, 0.1) is 0 Å². The number of rotatable bonds is 6. The van der Waals surface area contributed by atoms with E-state index >= 15 is 0 Å². The van der Waals surface area contributed by atoms with E-state index in [2.05, 4.69) is 68.7 Å². The average molecular weight is 238 g/mol. The first-order valence-corrected chi connectivity index (χ1v) is 6.65. The van der Waals surface area contributed by atoms with Crippen molar-refractivity contribution in [2.24, 2.45) is 16.7 Å². The Hall–Kier alpha value is -1.56. The van der Waals surface area contributed by atoms with E-state index in [9.17, 15) is 0 Å². The molecule has 0 bridgehead atoms. The van der Waals surface area contributed by atoms with Crippen LogP contribution in [0.2, 0.25) is 0 Å². The molecule has 0 amide bonds. The topological polar surface area (TPSA) is 0 Å². The van der Waals surface area contributed by atoms with Crippen molar-refractivity contribution < 1.29 is 0 Å². The van der Waals surface area contributed by atoms with Crippen molar-refractivity contribution in [2.75, 3.05) is 0 Å². The van der Waals surface area contributed by atoms with Gasteiger partial charge in [-0.05, 0) is 18.8 Å². The standard InChI is InChI=1S/C18H22/c1-4-10-17(12-6-7-13-17)16(3)18(11-5-2)14-8-9-15-18/h4-9,12-16H,1-2,10-11H2,3H3. The van der Waals surface area contributed by atoms with Crippen molar-refractivity contribution >= 4 is 0 Å². The second kappa shape index (κ2) is 4.97. The third-order valence-corrected chi connectivity index (χ3v) is 4.46. The number of hydrogen-bond acceptors (Lipinski definition) is 0. The first-order valence-electron chi connectivity index (χ1n) is 6.65.